The standard InChI is InChI=1S/C7H10INO3/c1-3-12-7(11)6(9-8)4-5(2)10/h3-4H2,1-2H3. The van der Waals surface area contributed by atoms with Crippen LogP contribution in [0.4, 0.5) is 0 Å². The van der Waals surface area contributed by atoms with Crippen LogP contribution in [-0.2, 0) is 14.3 Å². The van der Waals surface area contributed by atoms with E-state index in [0.717, 1.165) is 0 Å². The van der Waals surface area contributed by atoms with Gasteiger partial charge in [0.1, 0.15) is 11.5 Å². The van der Waals surface area contributed by atoms with Crippen LogP contribution in [0.15, 0.2) is 3.21 Å². The number of nitrogens with zero attached hydrogens (tertiary/aromatic N) is 1. The summed E-state index contributed by atoms with van der Waals surface area (Å²) in [6, 6.07) is 0. The Morgan fingerprint density at radius 1 is 1.50 bits per heavy atom. The van der Waals surface area contributed by atoms with Gasteiger partial charge in [0, 0.05) is 0 Å². The van der Waals surface area contributed by atoms with Gasteiger partial charge in [-0.1, -0.05) is 0 Å². The van der Waals surface area contributed by atoms with Crippen LogP contribution in [-0.4, -0.2) is 24.1 Å². The monoisotopic (exact) mass is 283 g/mol. The number of Topliss-reactive ketones (excluding diaryl/α,β-unsaturated/α-hetero) is 1. The normalized spacial score (nSPS) is 11.1. The van der Waals surface area contributed by atoms with Crippen molar-refractivity contribution in [3.63, 3.8) is 0 Å². The number of ether oxygens (including phenoxy) is 1. The first-order valence-corrected chi connectivity index (χ1v) is 4.42. The van der Waals surface area contributed by atoms with Gasteiger partial charge in [-0.3, -0.25) is 4.79 Å². The van der Waals surface area contributed by atoms with Crippen molar-refractivity contribution in [2.45, 2.75) is 20.3 Å². The fraction of sp³-hybridized carbons (Fsp3) is 0.571. The lowest BCUT2D eigenvalue weighted by Crippen LogP contribution is -2.19. The number of ketones is 1. The highest BCUT2D eigenvalue weighted by Crippen LogP contribution is 1.97. The first kappa shape index (κ1) is 11.5. The molecule has 0 bridgehead atoms. The summed E-state index contributed by atoms with van der Waals surface area (Å²) in [7, 11) is 0. The van der Waals surface area contributed by atoms with Crippen molar-refractivity contribution in [2.75, 3.05) is 6.61 Å². The van der Waals surface area contributed by atoms with Crippen molar-refractivity contribution in [1.29, 1.82) is 0 Å². The lowest BCUT2D eigenvalue weighted by molar-refractivity contribution is -0.135. The molecule has 0 aromatic heterocycles. The molecule has 0 rings (SSSR count). The molecule has 0 amide bonds. The molecule has 0 aliphatic rings. The quantitative estimate of drug-likeness (QED) is 0.444. The third-order valence-electron chi connectivity index (χ3n) is 1.03. The number of carbonyl (C=O) groups is 2. The van der Waals surface area contributed by atoms with Crippen molar-refractivity contribution < 1.29 is 14.3 Å². The van der Waals surface area contributed by atoms with Crippen molar-refractivity contribution in [3.05, 3.63) is 0 Å². The van der Waals surface area contributed by atoms with Crippen LogP contribution in [0.3, 0.4) is 0 Å². The molecular weight excluding hydrogens is 273 g/mol. The Hall–Kier alpha value is -0.460. The second-order valence-electron chi connectivity index (χ2n) is 2.13. The van der Waals surface area contributed by atoms with Gasteiger partial charge in [0.05, 0.1) is 35.9 Å². The first-order valence-electron chi connectivity index (χ1n) is 3.46. The largest absolute Gasteiger partial charge is 0.461 e. The van der Waals surface area contributed by atoms with E-state index in [-0.39, 0.29) is 17.9 Å². The fourth-order valence-electron chi connectivity index (χ4n) is 0.587. The van der Waals surface area contributed by atoms with Crippen LogP contribution in [0.2, 0.25) is 0 Å². The predicted molar refractivity (Wildman–Crippen MR) is 53.4 cm³/mol. The van der Waals surface area contributed by atoms with Crippen molar-refractivity contribution in [3.8, 4) is 0 Å². The molecule has 0 unspecified atom stereocenters. The maximum absolute atomic E-state index is 11.0. The van der Waals surface area contributed by atoms with Crippen molar-refractivity contribution >= 4 is 40.3 Å². The molecule has 0 heterocycles. The molecular formula is C7H10INO3. The molecule has 0 aromatic carbocycles. The molecule has 5 heteroatoms. The van der Waals surface area contributed by atoms with Crippen molar-refractivity contribution in [2.24, 2.45) is 3.21 Å². The number of hydrogen-bond donors (Lipinski definition) is 0. The zero-order valence-corrected chi connectivity index (χ0v) is 9.12. The molecule has 0 aliphatic carbocycles. The molecule has 0 fully saturated rings. The minimum Gasteiger partial charge on any atom is -0.461 e. The molecule has 68 valence electrons. The second-order valence-corrected chi connectivity index (χ2v) is 2.61. The third kappa shape index (κ3) is 4.42. The molecule has 0 spiro atoms. The van der Waals surface area contributed by atoms with Gasteiger partial charge in [-0.05, 0) is 13.8 Å². The molecule has 0 atom stereocenters. The first-order chi connectivity index (χ1) is 5.61. The number of rotatable bonds is 4. The average molecular weight is 283 g/mol. The summed E-state index contributed by atoms with van der Waals surface area (Å²) in [5.74, 6) is -0.611. The van der Waals surface area contributed by atoms with Gasteiger partial charge in [-0.15, -0.1) is 0 Å². The lowest BCUT2D eigenvalue weighted by Gasteiger charge is -2.01. The van der Waals surface area contributed by atoms with Gasteiger partial charge in [0.25, 0.3) is 0 Å². The van der Waals surface area contributed by atoms with E-state index in [2.05, 4.69) is 7.94 Å². The van der Waals surface area contributed by atoms with Gasteiger partial charge in [-0.2, -0.15) is 0 Å². The van der Waals surface area contributed by atoms with E-state index in [1.165, 1.54) is 6.92 Å². The molecule has 0 N–H and O–H groups in total. The van der Waals surface area contributed by atoms with Gasteiger partial charge in [-0.25, -0.2) is 8.00 Å². The van der Waals surface area contributed by atoms with Crippen LogP contribution in [0.5, 0.6) is 0 Å². The lowest BCUT2D eigenvalue weighted by atomic mass is 10.2. The maximum atomic E-state index is 11.0. The SMILES string of the molecule is CCOC(=O)C(CC(C)=O)=NI. The average Bonchev–Trinajstić information content (AvgIpc) is 2.00. The van der Waals surface area contributed by atoms with E-state index in [4.69, 9.17) is 0 Å². The van der Waals surface area contributed by atoms with Crippen LogP contribution < -0.4 is 0 Å². The summed E-state index contributed by atoms with van der Waals surface area (Å²) in [4.78, 5) is 21.6. The summed E-state index contributed by atoms with van der Waals surface area (Å²) in [5, 5.41) is 0. The van der Waals surface area contributed by atoms with Crippen LogP contribution in [0, 0.1) is 0 Å². The Labute approximate surface area is 84.9 Å². The Morgan fingerprint density at radius 2 is 2.08 bits per heavy atom. The minimum atomic E-state index is -0.512. The third-order valence-corrected chi connectivity index (χ3v) is 1.61. The summed E-state index contributed by atoms with van der Waals surface area (Å²) in [6.07, 6.45) is 0.0434. The molecule has 0 aliphatic heterocycles. The minimum absolute atomic E-state index is 0.0434. The van der Waals surface area contributed by atoms with E-state index >= 15 is 0 Å². The van der Waals surface area contributed by atoms with E-state index in [9.17, 15) is 9.59 Å². The molecule has 12 heavy (non-hydrogen) atoms. The van der Waals surface area contributed by atoms with E-state index < -0.39 is 5.97 Å². The number of hydrogen-bond acceptors (Lipinski definition) is 4. The van der Waals surface area contributed by atoms with Gasteiger partial charge in [0.15, 0.2) is 0 Å². The zero-order chi connectivity index (χ0) is 9.56. The fourth-order valence-corrected chi connectivity index (χ4v) is 0.954. The summed E-state index contributed by atoms with van der Waals surface area (Å²) in [5.41, 5.74) is 0.171. The molecule has 0 aromatic rings. The topological polar surface area (TPSA) is 55.7 Å². The van der Waals surface area contributed by atoms with Crippen LogP contribution in [0.25, 0.3) is 0 Å². The highest BCUT2D eigenvalue weighted by atomic mass is 127. The van der Waals surface area contributed by atoms with Crippen LogP contribution >= 0.6 is 22.9 Å². The smallest absolute Gasteiger partial charge is 0.353 e. The van der Waals surface area contributed by atoms with Gasteiger partial charge >= 0.3 is 5.97 Å². The summed E-state index contributed by atoms with van der Waals surface area (Å²) >= 11 is 1.67. The Kier molecular flexibility index (Phi) is 5.87. The zero-order valence-electron chi connectivity index (χ0n) is 6.96. The number of esters is 1. The summed E-state index contributed by atoms with van der Waals surface area (Å²) < 4.78 is 8.31. The molecule has 0 saturated heterocycles. The highest BCUT2D eigenvalue weighted by molar-refractivity contribution is 14.1. The Balaban J connectivity index is 4.17. The second kappa shape index (κ2) is 6.10. The van der Waals surface area contributed by atoms with Crippen LogP contribution in [0.1, 0.15) is 20.3 Å². The van der Waals surface area contributed by atoms with E-state index in [0.29, 0.717) is 6.61 Å². The van der Waals surface area contributed by atoms with Crippen molar-refractivity contribution in [1.82, 2.24) is 0 Å². The predicted octanol–water partition coefficient (Wildman–Crippen LogP) is 1.32. The highest BCUT2D eigenvalue weighted by Gasteiger charge is 2.13. The molecule has 0 radical (unpaired) electrons. The van der Waals surface area contributed by atoms with E-state index in [1.807, 2.05) is 0 Å². The molecule has 0 saturated carbocycles. The van der Waals surface area contributed by atoms with Gasteiger partial charge in [0.2, 0.25) is 0 Å². The number of halogens is 1. The van der Waals surface area contributed by atoms with Gasteiger partial charge < -0.3 is 4.74 Å². The van der Waals surface area contributed by atoms with E-state index in [1.54, 1.807) is 29.8 Å². The Morgan fingerprint density at radius 3 is 2.42 bits per heavy atom. The Bertz CT molecular complexity index is 213. The summed E-state index contributed by atoms with van der Waals surface area (Å²) in [6.45, 7) is 3.41. The number of carbonyl (C=O) groups excluding carboxylic acids is 2. The molecule has 4 nitrogen and oxygen atoms in total. The maximum Gasteiger partial charge on any atom is 0.353 e.